The van der Waals surface area contributed by atoms with Crippen molar-refractivity contribution in [1.82, 2.24) is 20.4 Å². The largest absolute Gasteiger partial charge is 0.381 e. The van der Waals surface area contributed by atoms with E-state index < -0.39 is 0 Å². The summed E-state index contributed by atoms with van der Waals surface area (Å²) < 4.78 is 5.66. The first kappa shape index (κ1) is 24.2. The molecule has 0 saturated heterocycles. The number of rotatable bonds is 10. The predicted molar refractivity (Wildman–Crippen MR) is 136 cm³/mol. The van der Waals surface area contributed by atoms with Crippen molar-refractivity contribution in [1.29, 1.82) is 0 Å². The molecule has 4 rings (SSSR count). The van der Waals surface area contributed by atoms with Gasteiger partial charge < -0.3 is 15.4 Å². The number of hydrogen-bond acceptors (Lipinski definition) is 9. The smallest absolute Gasteiger partial charge is 0.325 e. The van der Waals surface area contributed by atoms with E-state index in [1.54, 1.807) is 24.3 Å². The fourth-order valence-electron chi connectivity index (χ4n) is 2.79. The van der Waals surface area contributed by atoms with Gasteiger partial charge in [0.05, 0.1) is 13.2 Å². The van der Waals surface area contributed by atoms with Crippen molar-refractivity contribution >= 4 is 56.4 Å². The quantitative estimate of drug-likeness (QED) is 0.230. The Hall–Kier alpha value is -3.94. The van der Waals surface area contributed by atoms with Crippen LogP contribution < -0.4 is 21.3 Å². The van der Waals surface area contributed by atoms with Gasteiger partial charge in [-0.25, -0.2) is 9.59 Å². The number of urea groups is 2. The Balaban J connectivity index is 1.11. The number of para-hydroxylation sites is 2. The third-order valence-electron chi connectivity index (χ3n) is 4.36. The van der Waals surface area contributed by atoms with Crippen molar-refractivity contribution in [3.63, 3.8) is 0 Å². The fraction of sp³-hybridized carbons (Fsp3) is 0.182. The fourth-order valence-corrected chi connectivity index (χ4v) is 4.22. The molecule has 2 aromatic heterocycles. The second-order valence-corrected chi connectivity index (χ2v) is 9.13. The number of carbonyl (C=O) groups excluding carboxylic acids is 2. The molecule has 0 unspecified atom stereocenters. The van der Waals surface area contributed by atoms with Crippen molar-refractivity contribution in [3.8, 4) is 0 Å². The molecule has 0 atom stereocenters. The van der Waals surface area contributed by atoms with Crippen LogP contribution in [0.2, 0.25) is 0 Å². The molecule has 0 bridgehead atoms. The average Bonchev–Trinajstić information content (AvgIpc) is 3.49. The van der Waals surface area contributed by atoms with Gasteiger partial charge in [0.1, 0.15) is 10.0 Å². The molecule has 2 heterocycles. The third-order valence-corrected chi connectivity index (χ3v) is 6.16. The van der Waals surface area contributed by atoms with Crippen LogP contribution in [0, 0.1) is 0 Å². The number of benzene rings is 2. The third kappa shape index (κ3) is 8.10. The molecule has 2 aromatic carbocycles. The van der Waals surface area contributed by atoms with E-state index in [1.807, 2.05) is 36.4 Å². The molecule has 0 spiro atoms. The number of hydrogen-bond donors (Lipinski definition) is 4. The molecule has 4 aromatic rings. The number of ether oxygens (including phenoxy) is 1. The normalized spacial score (nSPS) is 10.5. The molecule has 0 saturated carbocycles. The minimum atomic E-state index is -0.376. The van der Waals surface area contributed by atoms with Crippen LogP contribution in [0.5, 0.6) is 0 Å². The van der Waals surface area contributed by atoms with Crippen LogP contribution in [0.1, 0.15) is 10.0 Å². The molecular formula is C22H22N8O3S2. The molecule has 13 heteroatoms. The average molecular weight is 511 g/mol. The van der Waals surface area contributed by atoms with Crippen molar-refractivity contribution in [3.05, 3.63) is 70.7 Å². The van der Waals surface area contributed by atoms with Gasteiger partial charge in [-0.2, -0.15) is 0 Å². The van der Waals surface area contributed by atoms with Crippen molar-refractivity contribution in [2.75, 3.05) is 34.5 Å². The number of aromatic nitrogens is 4. The Labute approximate surface area is 209 Å². The van der Waals surface area contributed by atoms with Crippen LogP contribution in [0.3, 0.4) is 0 Å². The summed E-state index contributed by atoms with van der Waals surface area (Å²) in [6, 6.07) is 17.5. The maximum atomic E-state index is 12.0. The number of nitrogens with zero attached hydrogens (tertiary/aromatic N) is 4. The van der Waals surface area contributed by atoms with Gasteiger partial charge in [-0.05, 0) is 24.3 Å². The monoisotopic (exact) mass is 510 g/mol. The van der Waals surface area contributed by atoms with Gasteiger partial charge in [0.25, 0.3) is 0 Å². The maximum absolute atomic E-state index is 12.0. The Kier molecular flexibility index (Phi) is 8.64. The van der Waals surface area contributed by atoms with Crippen LogP contribution in [0.4, 0.5) is 31.2 Å². The molecule has 180 valence electrons. The van der Waals surface area contributed by atoms with Crippen molar-refractivity contribution < 1.29 is 14.3 Å². The SMILES string of the molecule is O=C(Nc1ccccc1)Nc1nnc(CCOCCc2nnc(NC(=O)Nc3ccccc3)s2)s1. The minimum Gasteiger partial charge on any atom is -0.381 e. The molecule has 0 aliphatic rings. The molecule has 35 heavy (non-hydrogen) atoms. The van der Waals surface area contributed by atoms with Crippen LogP contribution in [0.15, 0.2) is 60.7 Å². The molecule has 4 amide bonds. The van der Waals surface area contributed by atoms with E-state index in [1.165, 1.54) is 22.7 Å². The van der Waals surface area contributed by atoms with Gasteiger partial charge in [-0.15, -0.1) is 20.4 Å². The second-order valence-electron chi connectivity index (χ2n) is 7.00. The number of carbonyl (C=O) groups is 2. The van der Waals surface area contributed by atoms with E-state index in [-0.39, 0.29) is 12.1 Å². The van der Waals surface area contributed by atoms with Crippen molar-refractivity contribution in [2.24, 2.45) is 0 Å². The molecule has 0 aliphatic carbocycles. The Morgan fingerprint density at radius 2 is 1.06 bits per heavy atom. The van der Waals surface area contributed by atoms with Gasteiger partial charge >= 0.3 is 12.1 Å². The molecule has 0 radical (unpaired) electrons. The second kappa shape index (κ2) is 12.5. The number of anilines is 4. The summed E-state index contributed by atoms with van der Waals surface area (Å²) in [7, 11) is 0. The summed E-state index contributed by atoms with van der Waals surface area (Å²) in [5, 5.41) is 29.2. The van der Waals surface area contributed by atoms with E-state index in [0.29, 0.717) is 47.7 Å². The Bertz CT molecular complexity index is 1140. The zero-order chi connectivity index (χ0) is 24.3. The summed E-state index contributed by atoms with van der Waals surface area (Å²) >= 11 is 2.59. The standard InChI is InChI=1S/C22H22N8O3S2/c31-19(23-15-7-3-1-4-8-15)25-21-29-27-17(34-21)11-13-33-14-12-18-28-30-22(35-18)26-20(32)24-16-9-5-2-6-10-16/h1-10H,11-14H2,(H2,23,25,29,31)(H2,24,26,30,32). The van der Waals surface area contributed by atoms with Crippen LogP contribution in [-0.2, 0) is 17.6 Å². The molecule has 0 fully saturated rings. The van der Waals surface area contributed by atoms with Crippen LogP contribution in [-0.4, -0.2) is 45.7 Å². The summed E-state index contributed by atoms with van der Waals surface area (Å²) in [5.74, 6) is 0. The lowest BCUT2D eigenvalue weighted by molar-refractivity contribution is 0.140. The zero-order valence-electron chi connectivity index (χ0n) is 18.4. The summed E-state index contributed by atoms with van der Waals surface area (Å²) in [4.78, 5) is 24.0. The highest BCUT2D eigenvalue weighted by molar-refractivity contribution is 7.15. The lowest BCUT2D eigenvalue weighted by Crippen LogP contribution is -2.19. The van der Waals surface area contributed by atoms with E-state index in [0.717, 1.165) is 10.0 Å². The van der Waals surface area contributed by atoms with Gasteiger partial charge in [0, 0.05) is 24.2 Å². The first-order valence-electron chi connectivity index (χ1n) is 10.6. The van der Waals surface area contributed by atoms with Crippen molar-refractivity contribution in [2.45, 2.75) is 12.8 Å². The number of nitrogens with one attached hydrogen (secondary N) is 4. The van der Waals surface area contributed by atoms with Gasteiger partial charge in [-0.3, -0.25) is 10.6 Å². The van der Waals surface area contributed by atoms with Gasteiger partial charge in [0.2, 0.25) is 10.3 Å². The van der Waals surface area contributed by atoms with E-state index in [4.69, 9.17) is 4.74 Å². The van der Waals surface area contributed by atoms with Gasteiger partial charge in [0.15, 0.2) is 0 Å². The van der Waals surface area contributed by atoms with E-state index in [2.05, 4.69) is 41.7 Å². The predicted octanol–water partition coefficient (Wildman–Crippen LogP) is 4.48. The molecule has 11 nitrogen and oxygen atoms in total. The van der Waals surface area contributed by atoms with Crippen LogP contribution in [0.25, 0.3) is 0 Å². The summed E-state index contributed by atoms with van der Waals surface area (Å²) in [6.45, 7) is 0.905. The van der Waals surface area contributed by atoms with Crippen LogP contribution >= 0.6 is 22.7 Å². The maximum Gasteiger partial charge on any atom is 0.325 e. The molecular weight excluding hydrogens is 488 g/mol. The molecule has 4 N–H and O–H groups in total. The lowest BCUT2D eigenvalue weighted by atomic mass is 10.3. The molecule has 0 aliphatic heterocycles. The minimum absolute atomic E-state index is 0.376. The Morgan fingerprint density at radius 3 is 1.49 bits per heavy atom. The Morgan fingerprint density at radius 1 is 0.629 bits per heavy atom. The first-order chi connectivity index (χ1) is 17.1. The highest BCUT2D eigenvalue weighted by atomic mass is 32.1. The number of amides is 4. The zero-order valence-corrected chi connectivity index (χ0v) is 20.1. The first-order valence-corrected chi connectivity index (χ1v) is 12.3. The summed E-state index contributed by atoms with van der Waals surface area (Å²) in [6.07, 6.45) is 1.14. The highest BCUT2D eigenvalue weighted by Gasteiger charge is 2.10. The lowest BCUT2D eigenvalue weighted by Gasteiger charge is -2.04. The van der Waals surface area contributed by atoms with E-state index in [9.17, 15) is 9.59 Å². The highest BCUT2D eigenvalue weighted by Crippen LogP contribution is 2.18. The van der Waals surface area contributed by atoms with Gasteiger partial charge in [-0.1, -0.05) is 59.1 Å². The van der Waals surface area contributed by atoms with E-state index >= 15 is 0 Å². The topological polar surface area (TPSA) is 143 Å². The summed E-state index contributed by atoms with van der Waals surface area (Å²) in [5.41, 5.74) is 1.38.